The molecule has 3 N–H and O–H groups in total. The lowest BCUT2D eigenvalue weighted by atomic mass is 9.98. The van der Waals surface area contributed by atoms with Gasteiger partial charge in [0, 0.05) is 36.1 Å². The van der Waals surface area contributed by atoms with Crippen LogP contribution in [0.15, 0.2) is 53.5 Å². The fourth-order valence-electron chi connectivity index (χ4n) is 3.41. The molecule has 10 heteroatoms. The van der Waals surface area contributed by atoms with Crippen molar-refractivity contribution in [1.82, 2.24) is 14.2 Å². The molecule has 3 rings (SSSR count). The van der Waals surface area contributed by atoms with Gasteiger partial charge in [-0.1, -0.05) is 6.07 Å². The second-order valence-electron chi connectivity index (χ2n) is 6.94. The third-order valence-corrected chi connectivity index (χ3v) is 6.16. The van der Waals surface area contributed by atoms with Gasteiger partial charge >= 0.3 is 0 Å². The zero-order chi connectivity index (χ0) is 21.2. The number of nitrogens with zero attached hydrogens (tertiary/aromatic N) is 2. The Kier molecular flexibility index (Phi) is 5.85. The van der Waals surface area contributed by atoms with Gasteiger partial charge in [0.2, 0.25) is 15.9 Å². The second kappa shape index (κ2) is 8.18. The van der Waals surface area contributed by atoms with Gasteiger partial charge in [0.25, 0.3) is 11.5 Å². The van der Waals surface area contributed by atoms with Crippen molar-refractivity contribution in [2.24, 2.45) is 5.73 Å². The summed E-state index contributed by atoms with van der Waals surface area (Å²) in [4.78, 5) is 36.1. The molecule has 154 valence electrons. The number of amides is 2. The largest absolute Gasteiger partial charge is 0.368 e. The van der Waals surface area contributed by atoms with Crippen LogP contribution in [0.3, 0.4) is 0 Å². The first-order valence-electron chi connectivity index (χ1n) is 9.02. The van der Waals surface area contributed by atoms with E-state index in [1.807, 2.05) is 0 Å². The van der Waals surface area contributed by atoms with E-state index in [0.717, 1.165) is 10.6 Å². The van der Waals surface area contributed by atoms with Gasteiger partial charge in [0.1, 0.15) is 6.04 Å². The predicted octanol–water partition coefficient (Wildman–Crippen LogP) is -0.155. The molecule has 0 radical (unpaired) electrons. The summed E-state index contributed by atoms with van der Waals surface area (Å²) < 4.78 is 26.2. The zero-order valence-corrected chi connectivity index (χ0v) is 16.6. The Morgan fingerprint density at radius 2 is 1.83 bits per heavy atom. The van der Waals surface area contributed by atoms with E-state index >= 15 is 0 Å². The van der Waals surface area contributed by atoms with Crippen molar-refractivity contribution in [3.8, 4) is 5.69 Å². The minimum atomic E-state index is -3.57. The SMILES string of the molecule is CS(=O)(=O)N1CCC(NC(=O)c2ccc(-n3ccccc3=O)cc2)CC1C(N)=O. The van der Waals surface area contributed by atoms with Crippen molar-refractivity contribution in [3.05, 3.63) is 64.6 Å². The van der Waals surface area contributed by atoms with Crippen molar-refractivity contribution in [3.63, 3.8) is 0 Å². The van der Waals surface area contributed by atoms with Gasteiger partial charge in [-0.25, -0.2) is 8.42 Å². The summed E-state index contributed by atoms with van der Waals surface area (Å²) in [6.07, 6.45) is 3.16. The average Bonchev–Trinajstić information content (AvgIpc) is 2.67. The number of hydrogen-bond donors (Lipinski definition) is 2. The topological polar surface area (TPSA) is 132 Å². The van der Waals surface area contributed by atoms with Crippen molar-refractivity contribution in [1.29, 1.82) is 0 Å². The zero-order valence-electron chi connectivity index (χ0n) is 15.8. The molecule has 0 saturated carbocycles. The molecular weight excluding hydrogens is 396 g/mol. The highest BCUT2D eigenvalue weighted by molar-refractivity contribution is 7.88. The van der Waals surface area contributed by atoms with E-state index in [4.69, 9.17) is 5.73 Å². The number of carbonyl (C=O) groups is 2. The van der Waals surface area contributed by atoms with E-state index in [9.17, 15) is 22.8 Å². The van der Waals surface area contributed by atoms with Gasteiger partial charge in [-0.05, 0) is 43.2 Å². The van der Waals surface area contributed by atoms with Crippen LogP contribution in [0.1, 0.15) is 23.2 Å². The number of primary amides is 1. The van der Waals surface area contributed by atoms with E-state index in [1.54, 1.807) is 42.6 Å². The Hall–Kier alpha value is -2.98. The summed E-state index contributed by atoms with van der Waals surface area (Å²) in [5.41, 5.74) is 6.19. The van der Waals surface area contributed by atoms with Gasteiger partial charge < -0.3 is 11.1 Å². The number of nitrogens with one attached hydrogen (secondary N) is 1. The van der Waals surface area contributed by atoms with Crippen LogP contribution in [0.4, 0.5) is 0 Å². The summed E-state index contributed by atoms with van der Waals surface area (Å²) in [7, 11) is -3.57. The Bertz CT molecular complexity index is 1080. The maximum Gasteiger partial charge on any atom is 0.255 e. The Morgan fingerprint density at radius 1 is 1.14 bits per heavy atom. The number of rotatable bonds is 5. The molecular formula is C19H22N4O5S. The molecule has 29 heavy (non-hydrogen) atoms. The number of hydrogen-bond acceptors (Lipinski definition) is 5. The average molecular weight is 418 g/mol. The van der Waals surface area contributed by atoms with Crippen LogP contribution in [0.5, 0.6) is 0 Å². The second-order valence-corrected chi connectivity index (χ2v) is 8.88. The summed E-state index contributed by atoms with van der Waals surface area (Å²) in [6.45, 7) is 0.104. The summed E-state index contributed by atoms with van der Waals surface area (Å²) in [5, 5.41) is 2.83. The number of aromatic nitrogens is 1. The molecule has 1 aromatic heterocycles. The summed E-state index contributed by atoms with van der Waals surface area (Å²) in [5.74, 6) is -1.09. The molecule has 2 amide bonds. The minimum Gasteiger partial charge on any atom is -0.368 e. The van der Waals surface area contributed by atoms with Crippen molar-refractivity contribution in [2.75, 3.05) is 12.8 Å². The highest BCUT2D eigenvalue weighted by Crippen LogP contribution is 2.21. The molecule has 1 fully saturated rings. The highest BCUT2D eigenvalue weighted by Gasteiger charge is 2.37. The predicted molar refractivity (Wildman–Crippen MR) is 107 cm³/mol. The lowest BCUT2D eigenvalue weighted by Gasteiger charge is -2.36. The normalized spacial score (nSPS) is 20.2. The summed E-state index contributed by atoms with van der Waals surface area (Å²) >= 11 is 0. The molecule has 1 aliphatic rings. The first kappa shape index (κ1) is 20.7. The smallest absolute Gasteiger partial charge is 0.255 e. The maximum atomic E-state index is 12.6. The van der Waals surface area contributed by atoms with Crippen LogP contribution in [-0.2, 0) is 14.8 Å². The van der Waals surface area contributed by atoms with Gasteiger partial charge in [0.15, 0.2) is 0 Å². The molecule has 2 unspecified atom stereocenters. The summed E-state index contributed by atoms with van der Waals surface area (Å²) in [6, 6.07) is 9.98. The van der Waals surface area contributed by atoms with Crippen LogP contribution in [0.25, 0.3) is 5.69 Å². The number of sulfonamides is 1. The van der Waals surface area contributed by atoms with Crippen LogP contribution >= 0.6 is 0 Å². The number of nitrogens with two attached hydrogens (primary N) is 1. The molecule has 1 saturated heterocycles. The molecule has 2 atom stereocenters. The molecule has 1 aromatic carbocycles. The molecule has 2 heterocycles. The molecule has 0 spiro atoms. The van der Waals surface area contributed by atoms with Crippen LogP contribution in [0, 0.1) is 0 Å². The molecule has 0 aliphatic carbocycles. The van der Waals surface area contributed by atoms with Crippen LogP contribution in [-0.4, -0.2) is 54.0 Å². The fraction of sp³-hybridized carbons (Fsp3) is 0.316. The van der Waals surface area contributed by atoms with E-state index < -0.39 is 22.0 Å². The number of carbonyl (C=O) groups excluding carboxylic acids is 2. The first-order chi connectivity index (χ1) is 13.7. The Balaban J connectivity index is 1.70. The van der Waals surface area contributed by atoms with E-state index in [2.05, 4.69) is 5.32 Å². The van der Waals surface area contributed by atoms with Gasteiger partial charge in [-0.15, -0.1) is 0 Å². The number of benzene rings is 1. The van der Waals surface area contributed by atoms with E-state index in [-0.39, 0.29) is 30.5 Å². The van der Waals surface area contributed by atoms with Crippen molar-refractivity contribution >= 4 is 21.8 Å². The standard InChI is InChI=1S/C19H22N4O5S/c1-29(27,28)23-11-9-14(12-16(23)18(20)25)21-19(26)13-5-7-15(8-6-13)22-10-3-2-4-17(22)24/h2-8,10,14,16H,9,11-12H2,1H3,(H2,20,25)(H,21,26). The Labute approximate surface area is 168 Å². The molecule has 0 bridgehead atoms. The highest BCUT2D eigenvalue weighted by atomic mass is 32.2. The lowest BCUT2D eigenvalue weighted by Crippen LogP contribution is -2.56. The van der Waals surface area contributed by atoms with Gasteiger partial charge in [-0.2, -0.15) is 4.31 Å². The van der Waals surface area contributed by atoms with E-state index in [0.29, 0.717) is 17.7 Å². The van der Waals surface area contributed by atoms with Gasteiger partial charge in [-0.3, -0.25) is 19.0 Å². The van der Waals surface area contributed by atoms with Crippen LogP contribution in [0.2, 0.25) is 0 Å². The Morgan fingerprint density at radius 3 is 2.41 bits per heavy atom. The third kappa shape index (κ3) is 4.72. The molecule has 9 nitrogen and oxygen atoms in total. The third-order valence-electron chi connectivity index (χ3n) is 4.87. The number of piperidine rings is 1. The first-order valence-corrected chi connectivity index (χ1v) is 10.9. The van der Waals surface area contributed by atoms with Crippen LogP contribution < -0.4 is 16.6 Å². The molecule has 1 aliphatic heterocycles. The maximum absolute atomic E-state index is 12.6. The quantitative estimate of drug-likeness (QED) is 0.697. The molecule has 2 aromatic rings. The van der Waals surface area contributed by atoms with Gasteiger partial charge in [0.05, 0.1) is 6.26 Å². The lowest BCUT2D eigenvalue weighted by molar-refractivity contribution is -0.122. The van der Waals surface area contributed by atoms with Crippen molar-refractivity contribution in [2.45, 2.75) is 24.9 Å². The van der Waals surface area contributed by atoms with E-state index in [1.165, 1.54) is 10.6 Å². The monoisotopic (exact) mass is 418 g/mol. The fourth-order valence-corrected chi connectivity index (χ4v) is 4.50. The number of pyridine rings is 1. The minimum absolute atomic E-state index is 0.104. The van der Waals surface area contributed by atoms with Crippen molar-refractivity contribution < 1.29 is 18.0 Å².